The van der Waals surface area contributed by atoms with Crippen molar-refractivity contribution < 1.29 is 0 Å². The maximum absolute atomic E-state index is 3.78. The Morgan fingerprint density at radius 2 is 2.18 bits per heavy atom. The molecule has 0 aromatic rings. The van der Waals surface area contributed by atoms with Gasteiger partial charge in [-0.15, -0.1) is 0 Å². The first kappa shape index (κ1) is 8.06. The molecule has 0 bridgehead atoms. The van der Waals surface area contributed by atoms with Crippen molar-refractivity contribution in [3.63, 3.8) is 0 Å². The van der Waals surface area contributed by atoms with Crippen molar-refractivity contribution in [3.05, 3.63) is 0 Å². The summed E-state index contributed by atoms with van der Waals surface area (Å²) in [6.45, 7) is 5.93. The van der Waals surface area contributed by atoms with Crippen molar-refractivity contribution in [3.8, 4) is 0 Å². The first-order valence-electron chi connectivity index (χ1n) is 4.51. The lowest BCUT2D eigenvalue weighted by Crippen LogP contribution is -2.67. The summed E-state index contributed by atoms with van der Waals surface area (Å²) >= 11 is 3.78. The van der Waals surface area contributed by atoms with Crippen LogP contribution in [0.4, 0.5) is 0 Å². The molecule has 0 spiro atoms. The molecule has 1 heterocycles. The molecule has 0 unspecified atom stereocenters. The Labute approximate surface area is 77.1 Å². The Hall–Kier alpha value is 0.440. The van der Waals surface area contributed by atoms with Crippen LogP contribution in [0.2, 0.25) is 0 Å². The number of hydrogen-bond donors (Lipinski definition) is 1. The second-order valence-corrected chi connectivity index (χ2v) is 5.45. The van der Waals surface area contributed by atoms with Gasteiger partial charge in [-0.05, 0) is 30.7 Å². The third-order valence-electron chi connectivity index (χ3n) is 3.39. The van der Waals surface area contributed by atoms with Gasteiger partial charge < -0.3 is 5.32 Å². The normalized spacial score (nSPS) is 47.7. The van der Waals surface area contributed by atoms with Crippen LogP contribution in [-0.2, 0) is 0 Å². The van der Waals surface area contributed by atoms with Crippen LogP contribution in [0, 0.1) is 11.3 Å². The van der Waals surface area contributed by atoms with Gasteiger partial charge in [-0.2, -0.15) is 0 Å². The first-order valence-corrected chi connectivity index (χ1v) is 5.43. The van der Waals surface area contributed by atoms with Crippen molar-refractivity contribution in [2.24, 2.45) is 11.3 Å². The number of alkyl halides is 1. The van der Waals surface area contributed by atoms with Crippen LogP contribution in [0.1, 0.15) is 26.7 Å². The summed E-state index contributed by atoms with van der Waals surface area (Å²) in [5.74, 6) is 0.902. The zero-order valence-electron chi connectivity index (χ0n) is 7.23. The molecule has 0 radical (unpaired) electrons. The van der Waals surface area contributed by atoms with Gasteiger partial charge in [0.2, 0.25) is 0 Å². The molecule has 0 aromatic carbocycles. The van der Waals surface area contributed by atoms with Crippen LogP contribution < -0.4 is 5.32 Å². The number of fused-ring (bicyclic) bond motifs is 1. The molecular formula is C9H16BrN. The number of nitrogens with one attached hydrogen (secondary N) is 1. The summed E-state index contributed by atoms with van der Waals surface area (Å²) in [5.41, 5.74) is 0.477. The molecule has 3 atom stereocenters. The quantitative estimate of drug-likeness (QED) is 0.614. The van der Waals surface area contributed by atoms with E-state index in [1.54, 1.807) is 0 Å². The van der Waals surface area contributed by atoms with Gasteiger partial charge in [0.25, 0.3) is 0 Å². The number of halogens is 1. The third-order valence-corrected chi connectivity index (χ3v) is 5.25. The molecule has 2 heteroatoms. The lowest BCUT2D eigenvalue weighted by Gasteiger charge is -2.58. The Balaban J connectivity index is 2.09. The minimum absolute atomic E-state index is 0.477. The van der Waals surface area contributed by atoms with E-state index >= 15 is 0 Å². The molecule has 1 aliphatic heterocycles. The predicted octanol–water partition coefficient (Wildman–Crippen LogP) is 2.16. The van der Waals surface area contributed by atoms with Gasteiger partial charge in [0.05, 0.1) is 0 Å². The SMILES string of the molecule is CC1(C)[C@H](Br)[C@H]2CCCN[C@H]21. The van der Waals surface area contributed by atoms with Crippen molar-refractivity contribution in [2.45, 2.75) is 37.6 Å². The number of rotatable bonds is 0. The van der Waals surface area contributed by atoms with E-state index in [9.17, 15) is 0 Å². The van der Waals surface area contributed by atoms with Crippen LogP contribution in [0.25, 0.3) is 0 Å². The Kier molecular flexibility index (Phi) is 1.80. The molecule has 2 aliphatic rings. The van der Waals surface area contributed by atoms with E-state index in [2.05, 4.69) is 35.1 Å². The molecule has 2 rings (SSSR count). The molecule has 64 valence electrons. The largest absolute Gasteiger partial charge is 0.313 e. The maximum Gasteiger partial charge on any atom is 0.0255 e. The molecule has 1 N–H and O–H groups in total. The summed E-state index contributed by atoms with van der Waals surface area (Å²) in [7, 11) is 0. The zero-order valence-corrected chi connectivity index (χ0v) is 8.82. The van der Waals surface area contributed by atoms with Gasteiger partial charge in [0, 0.05) is 10.9 Å². The van der Waals surface area contributed by atoms with Crippen LogP contribution >= 0.6 is 15.9 Å². The highest BCUT2D eigenvalue weighted by Crippen LogP contribution is 2.52. The summed E-state index contributed by atoms with van der Waals surface area (Å²) in [5, 5.41) is 3.61. The molecular weight excluding hydrogens is 202 g/mol. The average Bonchev–Trinajstić information content (AvgIpc) is 2.04. The minimum Gasteiger partial charge on any atom is -0.313 e. The molecule has 0 amide bonds. The molecule has 1 aliphatic carbocycles. The first-order chi connectivity index (χ1) is 5.14. The second kappa shape index (κ2) is 2.46. The van der Waals surface area contributed by atoms with E-state index in [-0.39, 0.29) is 0 Å². The highest BCUT2D eigenvalue weighted by atomic mass is 79.9. The fourth-order valence-corrected chi connectivity index (χ4v) is 3.50. The lowest BCUT2D eigenvalue weighted by atomic mass is 9.57. The van der Waals surface area contributed by atoms with Gasteiger partial charge >= 0.3 is 0 Å². The highest BCUT2D eigenvalue weighted by molar-refractivity contribution is 9.09. The molecule has 2 fully saturated rings. The molecule has 1 saturated heterocycles. The lowest BCUT2D eigenvalue weighted by molar-refractivity contribution is 0.0181. The van der Waals surface area contributed by atoms with E-state index < -0.39 is 0 Å². The van der Waals surface area contributed by atoms with E-state index in [0.29, 0.717) is 5.41 Å². The van der Waals surface area contributed by atoms with Crippen LogP contribution in [0.5, 0.6) is 0 Å². The monoisotopic (exact) mass is 217 g/mol. The van der Waals surface area contributed by atoms with Gasteiger partial charge in [-0.1, -0.05) is 29.8 Å². The third kappa shape index (κ3) is 0.988. The van der Waals surface area contributed by atoms with Crippen LogP contribution in [0.3, 0.4) is 0 Å². The van der Waals surface area contributed by atoms with E-state index in [1.807, 2.05) is 0 Å². The Bertz CT molecular complexity index is 167. The van der Waals surface area contributed by atoms with E-state index in [1.165, 1.54) is 19.4 Å². The van der Waals surface area contributed by atoms with Crippen molar-refractivity contribution in [1.29, 1.82) is 0 Å². The average molecular weight is 218 g/mol. The summed E-state index contributed by atoms with van der Waals surface area (Å²) in [4.78, 5) is 0.743. The smallest absolute Gasteiger partial charge is 0.0255 e. The molecule has 0 aromatic heterocycles. The van der Waals surface area contributed by atoms with E-state index in [4.69, 9.17) is 0 Å². The Morgan fingerprint density at radius 3 is 2.82 bits per heavy atom. The van der Waals surface area contributed by atoms with Crippen LogP contribution in [-0.4, -0.2) is 17.4 Å². The van der Waals surface area contributed by atoms with E-state index in [0.717, 1.165) is 16.8 Å². The highest BCUT2D eigenvalue weighted by Gasteiger charge is 2.55. The van der Waals surface area contributed by atoms with Gasteiger partial charge in [-0.3, -0.25) is 0 Å². The fourth-order valence-electron chi connectivity index (χ4n) is 2.65. The molecule has 1 nitrogen and oxygen atoms in total. The van der Waals surface area contributed by atoms with Crippen molar-refractivity contribution in [1.82, 2.24) is 5.32 Å². The molecule has 11 heavy (non-hydrogen) atoms. The predicted molar refractivity (Wildman–Crippen MR) is 51.0 cm³/mol. The van der Waals surface area contributed by atoms with Gasteiger partial charge in [0.15, 0.2) is 0 Å². The zero-order chi connectivity index (χ0) is 8.06. The minimum atomic E-state index is 0.477. The maximum atomic E-state index is 3.78. The number of hydrogen-bond acceptors (Lipinski definition) is 1. The Morgan fingerprint density at radius 1 is 1.45 bits per heavy atom. The summed E-state index contributed by atoms with van der Waals surface area (Å²) in [6, 6.07) is 0.778. The standard InChI is InChI=1S/C9H16BrN/c1-9(2)7(10)6-4-3-5-11-8(6)9/h6-8,11H,3-5H2,1-2H3/t6-,7-,8-/m1/s1. The topological polar surface area (TPSA) is 12.0 Å². The fraction of sp³-hybridized carbons (Fsp3) is 1.00. The second-order valence-electron chi connectivity index (χ2n) is 4.46. The molecule has 1 saturated carbocycles. The van der Waals surface area contributed by atoms with Crippen LogP contribution in [0.15, 0.2) is 0 Å². The van der Waals surface area contributed by atoms with Gasteiger partial charge in [0.1, 0.15) is 0 Å². The van der Waals surface area contributed by atoms with Crippen molar-refractivity contribution >= 4 is 15.9 Å². The van der Waals surface area contributed by atoms with Gasteiger partial charge in [-0.25, -0.2) is 0 Å². The number of piperidine rings is 1. The summed E-state index contributed by atoms with van der Waals surface area (Å²) < 4.78 is 0. The summed E-state index contributed by atoms with van der Waals surface area (Å²) in [6.07, 6.45) is 2.77. The van der Waals surface area contributed by atoms with Crippen molar-refractivity contribution in [2.75, 3.05) is 6.54 Å².